The predicted molar refractivity (Wildman–Crippen MR) is 109 cm³/mol. The second-order valence-corrected chi connectivity index (χ2v) is 6.83. The minimum atomic E-state index is -1.58. The molecule has 0 aliphatic carbocycles. The number of hydrogen-bond donors (Lipinski definition) is 1. The molecule has 0 unspecified atom stereocenters. The van der Waals surface area contributed by atoms with Gasteiger partial charge >= 0.3 is 0 Å². The molecule has 2 aromatic heterocycles. The average molecular weight is 437 g/mol. The van der Waals surface area contributed by atoms with Crippen LogP contribution < -0.4 is 11.3 Å². The number of nitrogens with zero attached hydrogens (tertiary/aromatic N) is 4. The van der Waals surface area contributed by atoms with Gasteiger partial charge in [-0.05, 0) is 29.8 Å². The number of nitrogens with two attached hydrogens (primary N) is 1. The lowest BCUT2D eigenvalue weighted by Gasteiger charge is -2.09. The van der Waals surface area contributed by atoms with Gasteiger partial charge in [0.25, 0.3) is 11.5 Å². The van der Waals surface area contributed by atoms with E-state index in [1.54, 1.807) is 24.3 Å². The van der Waals surface area contributed by atoms with Gasteiger partial charge in [-0.3, -0.25) is 9.59 Å². The van der Waals surface area contributed by atoms with Crippen LogP contribution in [0, 0.1) is 17.5 Å². The Labute approximate surface area is 179 Å². The average Bonchev–Trinajstić information content (AvgIpc) is 2.79. The number of amides is 1. The van der Waals surface area contributed by atoms with Crippen molar-refractivity contribution in [1.29, 1.82) is 0 Å². The van der Waals surface area contributed by atoms with E-state index in [0.717, 1.165) is 16.8 Å². The minimum absolute atomic E-state index is 0.00755. The molecule has 0 aliphatic rings. The van der Waals surface area contributed by atoms with Crippen LogP contribution in [0.1, 0.15) is 15.9 Å². The molecule has 0 bridgehead atoms. The van der Waals surface area contributed by atoms with Gasteiger partial charge in [-0.25, -0.2) is 27.8 Å². The third kappa shape index (κ3) is 4.24. The van der Waals surface area contributed by atoms with Crippen molar-refractivity contribution in [2.75, 3.05) is 0 Å². The summed E-state index contributed by atoms with van der Waals surface area (Å²) in [6.07, 6.45) is 2.63. The van der Waals surface area contributed by atoms with Crippen molar-refractivity contribution in [1.82, 2.24) is 19.7 Å². The van der Waals surface area contributed by atoms with E-state index in [0.29, 0.717) is 17.0 Å². The maximum atomic E-state index is 13.6. The van der Waals surface area contributed by atoms with Gasteiger partial charge in [0.1, 0.15) is 0 Å². The van der Waals surface area contributed by atoms with Gasteiger partial charge in [0, 0.05) is 29.6 Å². The van der Waals surface area contributed by atoms with Gasteiger partial charge in [0.2, 0.25) is 0 Å². The topological polar surface area (TPSA) is 104 Å². The highest BCUT2D eigenvalue weighted by molar-refractivity contribution is 5.92. The molecule has 0 atom stereocenters. The first kappa shape index (κ1) is 20.9. The Hall–Kier alpha value is -4.34. The van der Waals surface area contributed by atoms with E-state index in [2.05, 4.69) is 15.1 Å². The number of hydrogen-bond acceptors (Lipinski definition) is 5. The molecule has 4 rings (SSSR count). The number of carbonyl (C=O) groups is 1. The van der Waals surface area contributed by atoms with Crippen LogP contribution in [0.15, 0.2) is 65.7 Å². The third-order valence-corrected chi connectivity index (χ3v) is 4.60. The molecule has 7 nitrogen and oxygen atoms in total. The van der Waals surface area contributed by atoms with Crippen LogP contribution in [0.5, 0.6) is 0 Å². The smallest absolute Gasteiger partial charge is 0.267 e. The molecule has 0 saturated carbocycles. The Morgan fingerprint density at radius 1 is 0.938 bits per heavy atom. The molecule has 2 heterocycles. The van der Waals surface area contributed by atoms with Crippen LogP contribution in [0.4, 0.5) is 13.2 Å². The first-order chi connectivity index (χ1) is 15.3. The van der Waals surface area contributed by atoms with Gasteiger partial charge in [0.05, 0.1) is 17.8 Å². The molecule has 2 aromatic carbocycles. The number of rotatable bonds is 5. The molecule has 10 heteroatoms. The summed E-state index contributed by atoms with van der Waals surface area (Å²) in [6, 6.07) is 11.1. The SMILES string of the molecule is NC(=O)c1cnc(-c2cccc(Cn3nc(-c4cc(F)c(F)c(F)c4)ccc3=O)c2)nc1. The number of primary amides is 1. The number of carbonyl (C=O) groups excluding carboxylic acids is 1. The molecule has 0 radical (unpaired) electrons. The van der Waals surface area contributed by atoms with E-state index in [1.165, 1.54) is 24.5 Å². The first-order valence-electron chi connectivity index (χ1n) is 9.26. The van der Waals surface area contributed by atoms with Crippen LogP contribution in [0.2, 0.25) is 0 Å². The maximum Gasteiger partial charge on any atom is 0.267 e. The second-order valence-electron chi connectivity index (χ2n) is 6.83. The summed E-state index contributed by atoms with van der Waals surface area (Å²) in [4.78, 5) is 31.7. The zero-order valence-corrected chi connectivity index (χ0v) is 16.3. The van der Waals surface area contributed by atoms with E-state index >= 15 is 0 Å². The fraction of sp³-hybridized carbons (Fsp3) is 0.0455. The second kappa shape index (κ2) is 8.42. The molecular formula is C22H14F3N5O2. The number of halogens is 3. The fourth-order valence-electron chi connectivity index (χ4n) is 3.01. The van der Waals surface area contributed by atoms with Crippen LogP contribution in [-0.2, 0) is 6.54 Å². The quantitative estimate of drug-likeness (QED) is 0.484. The Bertz CT molecular complexity index is 1360. The van der Waals surface area contributed by atoms with Gasteiger partial charge in [-0.2, -0.15) is 5.10 Å². The van der Waals surface area contributed by atoms with Crippen molar-refractivity contribution in [3.05, 3.63) is 99.9 Å². The lowest BCUT2D eigenvalue weighted by atomic mass is 10.1. The van der Waals surface area contributed by atoms with E-state index in [-0.39, 0.29) is 23.4 Å². The summed E-state index contributed by atoms with van der Waals surface area (Å²) in [7, 11) is 0. The van der Waals surface area contributed by atoms with Crippen molar-refractivity contribution in [2.24, 2.45) is 5.73 Å². The summed E-state index contributed by atoms with van der Waals surface area (Å²) < 4.78 is 41.5. The van der Waals surface area contributed by atoms with Gasteiger partial charge in [-0.1, -0.05) is 18.2 Å². The fourth-order valence-corrected chi connectivity index (χ4v) is 3.01. The van der Waals surface area contributed by atoms with Crippen molar-refractivity contribution < 1.29 is 18.0 Å². The van der Waals surface area contributed by atoms with Crippen LogP contribution >= 0.6 is 0 Å². The lowest BCUT2D eigenvalue weighted by Crippen LogP contribution is -2.22. The molecule has 160 valence electrons. The van der Waals surface area contributed by atoms with Gasteiger partial charge in [-0.15, -0.1) is 0 Å². The first-order valence-corrected chi connectivity index (χ1v) is 9.26. The summed E-state index contributed by atoms with van der Waals surface area (Å²) >= 11 is 0. The van der Waals surface area contributed by atoms with Gasteiger partial charge in [0.15, 0.2) is 23.3 Å². The summed E-state index contributed by atoms with van der Waals surface area (Å²) in [5.41, 5.74) is 6.32. The highest BCUT2D eigenvalue weighted by Gasteiger charge is 2.13. The Kier molecular flexibility index (Phi) is 5.50. The van der Waals surface area contributed by atoms with E-state index in [9.17, 15) is 22.8 Å². The maximum absolute atomic E-state index is 13.6. The molecule has 0 spiro atoms. The molecule has 1 amide bonds. The largest absolute Gasteiger partial charge is 0.366 e. The summed E-state index contributed by atoms with van der Waals surface area (Å²) in [6.45, 7) is 0.0477. The van der Waals surface area contributed by atoms with E-state index in [4.69, 9.17) is 5.73 Å². The predicted octanol–water partition coefficient (Wildman–Crippen LogP) is 2.93. The van der Waals surface area contributed by atoms with Gasteiger partial charge < -0.3 is 5.73 Å². The molecule has 32 heavy (non-hydrogen) atoms. The van der Waals surface area contributed by atoms with Crippen LogP contribution in [0.25, 0.3) is 22.6 Å². The molecule has 0 aliphatic heterocycles. The van der Waals surface area contributed by atoms with E-state index in [1.807, 2.05) is 0 Å². The Balaban J connectivity index is 1.65. The molecule has 0 saturated heterocycles. The third-order valence-electron chi connectivity index (χ3n) is 4.60. The normalized spacial score (nSPS) is 10.8. The lowest BCUT2D eigenvalue weighted by molar-refractivity contribution is 0.0999. The van der Waals surface area contributed by atoms with Crippen molar-refractivity contribution in [3.63, 3.8) is 0 Å². The number of aromatic nitrogens is 4. The molecule has 0 fully saturated rings. The zero-order valence-electron chi connectivity index (χ0n) is 16.3. The zero-order chi connectivity index (χ0) is 22.8. The summed E-state index contributed by atoms with van der Waals surface area (Å²) in [5.74, 6) is -4.58. The molecule has 4 aromatic rings. The highest BCUT2D eigenvalue weighted by Crippen LogP contribution is 2.22. The van der Waals surface area contributed by atoms with Crippen molar-refractivity contribution >= 4 is 5.91 Å². The number of benzene rings is 2. The Morgan fingerprint density at radius 2 is 1.62 bits per heavy atom. The summed E-state index contributed by atoms with van der Waals surface area (Å²) in [5, 5.41) is 4.15. The van der Waals surface area contributed by atoms with Crippen LogP contribution in [0.3, 0.4) is 0 Å². The monoisotopic (exact) mass is 437 g/mol. The molecule has 2 N–H and O–H groups in total. The standard InChI is InChI=1S/C22H14F3N5O2/c23-16-7-14(8-17(24)20(16)25)18-4-5-19(31)30(29-18)11-12-2-1-3-13(6-12)22-27-9-15(10-28-22)21(26)32/h1-10H,11H2,(H2,26,32). The van der Waals surface area contributed by atoms with Crippen LogP contribution in [-0.4, -0.2) is 25.7 Å². The van der Waals surface area contributed by atoms with E-state index < -0.39 is 28.9 Å². The van der Waals surface area contributed by atoms with Crippen molar-refractivity contribution in [3.8, 4) is 22.6 Å². The highest BCUT2D eigenvalue weighted by atomic mass is 19.2. The Morgan fingerprint density at radius 3 is 2.28 bits per heavy atom. The molecular weight excluding hydrogens is 423 g/mol. The minimum Gasteiger partial charge on any atom is -0.366 e. The van der Waals surface area contributed by atoms with Crippen molar-refractivity contribution in [2.45, 2.75) is 6.54 Å².